The average molecular weight is 517 g/mol. The molecular weight excluding hydrogens is 489 g/mol. The zero-order chi connectivity index (χ0) is 25.4. The van der Waals surface area contributed by atoms with E-state index in [2.05, 4.69) is 170 Å². The number of benzene rings is 6. The van der Waals surface area contributed by atoms with E-state index in [1.54, 1.807) is 0 Å². The van der Waals surface area contributed by atoms with Gasteiger partial charge < -0.3 is 0 Å². The summed E-state index contributed by atoms with van der Waals surface area (Å²) >= 11 is 0. The van der Waals surface area contributed by atoms with Crippen molar-refractivity contribution in [2.75, 3.05) is 0 Å². The van der Waals surface area contributed by atoms with Crippen LogP contribution in [0.5, 0.6) is 0 Å². The van der Waals surface area contributed by atoms with E-state index in [1.807, 2.05) is 0 Å². The van der Waals surface area contributed by atoms with Gasteiger partial charge in [-0.15, -0.1) is 0 Å². The molecule has 2 heteroatoms. The summed E-state index contributed by atoms with van der Waals surface area (Å²) in [6.07, 6.45) is 0. The molecule has 7 rings (SSSR count). The van der Waals surface area contributed by atoms with Gasteiger partial charge in [-0.1, -0.05) is 170 Å². The maximum Gasteiger partial charge on any atom is 0.179 e. The first-order chi connectivity index (χ1) is 18.9. The van der Waals surface area contributed by atoms with Gasteiger partial charge in [0.05, 0.1) is 0 Å². The minimum Gasteiger partial charge on any atom is -0.0624 e. The number of hydrogen-bond donors (Lipinski definition) is 0. The molecule has 0 N–H and O–H groups in total. The smallest absolute Gasteiger partial charge is 0.0624 e. The van der Waals surface area contributed by atoms with E-state index in [9.17, 15) is 0 Å². The second-order valence-electron chi connectivity index (χ2n) is 10.1. The van der Waals surface area contributed by atoms with E-state index in [1.165, 1.54) is 41.5 Å². The highest BCUT2D eigenvalue weighted by Crippen LogP contribution is 2.17. The fraction of sp³-hybridized carbons (Fsp3) is 0. The van der Waals surface area contributed by atoms with E-state index >= 15 is 0 Å². The van der Waals surface area contributed by atoms with Crippen molar-refractivity contribution >= 4 is 57.6 Å². The van der Waals surface area contributed by atoms with Crippen molar-refractivity contribution < 1.29 is 0 Å². The predicted octanol–water partition coefficient (Wildman–Crippen LogP) is 2.75. The molecule has 0 saturated heterocycles. The highest BCUT2D eigenvalue weighted by molar-refractivity contribution is 7.32. The second-order valence-corrected chi connectivity index (χ2v) is 17.5. The Bertz CT molecular complexity index is 1440. The molecule has 38 heavy (non-hydrogen) atoms. The summed E-state index contributed by atoms with van der Waals surface area (Å²) in [5.41, 5.74) is 0. The quantitative estimate of drug-likeness (QED) is 0.316. The molecule has 0 saturated carbocycles. The maximum atomic E-state index is 2.45. The van der Waals surface area contributed by atoms with Crippen LogP contribution in [0.2, 0.25) is 0 Å². The van der Waals surface area contributed by atoms with Crippen LogP contribution < -0.4 is 41.5 Å². The van der Waals surface area contributed by atoms with Gasteiger partial charge in [-0.2, -0.15) is 0 Å². The van der Waals surface area contributed by atoms with Crippen molar-refractivity contribution in [1.29, 1.82) is 0 Å². The lowest BCUT2D eigenvalue weighted by Gasteiger charge is -2.48. The summed E-state index contributed by atoms with van der Waals surface area (Å²) < 4.78 is 0. The molecule has 1 heterocycles. The van der Waals surface area contributed by atoms with Gasteiger partial charge in [-0.25, -0.2) is 0 Å². The van der Waals surface area contributed by atoms with Crippen LogP contribution >= 0.6 is 0 Å². The average Bonchev–Trinajstić information content (AvgIpc) is 3.02. The van der Waals surface area contributed by atoms with Crippen LogP contribution in [0.25, 0.3) is 0 Å². The van der Waals surface area contributed by atoms with Gasteiger partial charge in [0.15, 0.2) is 16.1 Å². The van der Waals surface area contributed by atoms with Crippen LogP contribution in [-0.4, -0.2) is 16.1 Å². The minimum absolute atomic E-state index is 1.44. The lowest BCUT2D eigenvalue weighted by molar-refractivity contribution is 1.64. The number of rotatable bonds is 4. The van der Waals surface area contributed by atoms with Crippen molar-refractivity contribution in [3.05, 3.63) is 170 Å². The Labute approximate surface area is 226 Å². The molecule has 0 amide bonds. The van der Waals surface area contributed by atoms with Gasteiger partial charge in [0.2, 0.25) is 0 Å². The Kier molecular flexibility index (Phi) is 5.58. The van der Waals surface area contributed by atoms with Crippen LogP contribution in [0.1, 0.15) is 0 Å². The fourth-order valence-electron chi connectivity index (χ4n) is 6.89. The van der Waals surface area contributed by atoms with Crippen molar-refractivity contribution in [3.8, 4) is 0 Å². The second kappa shape index (κ2) is 9.25. The first-order valence-electron chi connectivity index (χ1n) is 13.3. The van der Waals surface area contributed by atoms with Crippen molar-refractivity contribution in [3.63, 3.8) is 0 Å². The molecule has 180 valence electrons. The highest BCUT2D eigenvalue weighted by atomic mass is 28.3. The third kappa shape index (κ3) is 3.14. The lowest BCUT2D eigenvalue weighted by atomic mass is 10.3. The zero-order valence-corrected chi connectivity index (χ0v) is 23.2. The molecule has 6 aromatic carbocycles. The van der Waals surface area contributed by atoms with Gasteiger partial charge in [-0.3, -0.25) is 0 Å². The molecular formula is C36H28Si2. The normalized spacial score (nSPS) is 14.7. The monoisotopic (exact) mass is 516 g/mol. The summed E-state index contributed by atoms with van der Waals surface area (Å²) in [5, 5.41) is 11.9. The molecule has 0 unspecified atom stereocenters. The third-order valence-corrected chi connectivity index (χ3v) is 18.6. The number of fused-ring (bicyclic) bond motifs is 2. The summed E-state index contributed by atoms with van der Waals surface area (Å²) in [4.78, 5) is 0. The molecule has 0 nitrogen and oxygen atoms in total. The Hall–Kier alpha value is -4.25. The molecule has 0 spiro atoms. The van der Waals surface area contributed by atoms with Crippen molar-refractivity contribution in [2.45, 2.75) is 0 Å². The SMILES string of the molecule is c1ccc([Si]2(c3ccccc3)c3ccccc3[Si](c3ccccc3)(c3ccccc3)c3ccccc32)cc1. The summed E-state index contributed by atoms with van der Waals surface area (Å²) in [5.74, 6) is 0. The first-order valence-corrected chi connectivity index (χ1v) is 17.3. The third-order valence-electron chi connectivity index (χ3n) is 8.30. The van der Waals surface area contributed by atoms with Gasteiger partial charge in [-0.05, 0) is 41.5 Å². The molecule has 0 aromatic heterocycles. The molecule has 0 atom stereocenters. The summed E-state index contributed by atoms with van der Waals surface area (Å²) in [6.45, 7) is 0. The Morgan fingerprint density at radius 1 is 0.211 bits per heavy atom. The van der Waals surface area contributed by atoms with E-state index in [4.69, 9.17) is 0 Å². The van der Waals surface area contributed by atoms with E-state index in [-0.39, 0.29) is 0 Å². The van der Waals surface area contributed by atoms with Crippen molar-refractivity contribution in [1.82, 2.24) is 0 Å². The van der Waals surface area contributed by atoms with Gasteiger partial charge in [0.25, 0.3) is 0 Å². The first kappa shape index (κ1) is 22.9. The summed E-state index contributed by atoms with van der Waals surface area (Å²) in [6, 6.07) is 64.1. The van der Waals surface area contributed by atoms with Gasteiger partial charge >= 0.3 is 0 Å². The highest BCUT2D eigenvalue weighted by Gasteiger charge is 2.56. The Morgan fingerprint density at radius 2 is 0.395 bits per heavy atom. The molecule has 1 aliphatic heterocycles. The van der Waals surface area contributed by atoms with Gasteiger partial charge in [0.1, 0.15) is 0 Å². The number of hydrogen-bond acceptors (Lipinski definition) is 0. The van der Waals surface area contributed by atoms with Crippen LogP contribution in [0.15, 0.2) is 170 Å². The van der Waals surface area contributed by atoms with E-state index in [0.29, 0.717) is 0 Å². The molecule has 6 aromatic rings. The van der Waals surface area contributed by atoms with Gasteiger partial charge in [0, 0.05) is 0 Å². The van der Waals surface area contributed by atoms with Crippen LogP contribution in [-0.2, 0) is 0 Å². The molecule has 1 aliphatic rings. The zero-order valence-electron chi connectivity index (χ0n) is 21.2. The van der Waals surface area contributed by atoms with E-state index in [0.717, 1.165) is 0 Å². The molecule has 0 aliphatic carbocycles. The topological polar surface area (TPSA) is 0 Å². The Morgan fingerprint density at radius 3 is 0.605 bits per heavy atom. The minimum atomic E-state index is -2.60. The fourth-order valence-corrected chi connectivity index (χ4v) is 19.0. The molecule has 0 fully saturated rings. The Balaban J connectivity index is 1.73. The largest absolute Gasteiger partial charge is 0.179 e. The van der Waals surface area contributed by atoms with Crippen LogP contribution in [0.4, 0.5) is 0 Å². The van der Waals surface area contributed by atoms with E-state index < -0.39 is 16.1 Å². The van der Waals surface area contributed by atoms with Crippen LogP contribution in [0, 0.1) is 0 Å². The maximum absolute atomic E-state index is 2.60. The predicted molar refractivity (Wildman–Crippen MR) is 167 cm³/mol. The van der Waals surface area contributed by atoms with Crippen molar-refractivity contribution in [2.24, 2.45) is 0 Å². The standard InChI is InChI=1S/C36H28Si2/c1-5-17-29(18-6-1)37(30-19-7-2-8-20-30)33-25-13-15-27-35(33)38(31-21-9-3-10-22-31,32-23-11-4-12-24-32)36-28-16-14-26-34(36)37/h1-28H. The summed E-state index contributed by atoms with van der Waals surface area (Å²) in [7, 11) is -5.19. The molecule has 0 radical (unpaired) electrons. The lowest BCUT2D eigenvalue weighted by Crippen LogP contribution is -2.93. The van der Waals surface area contributed by atoms with Crippen LogP contribution in [0.3, 0.4) is 0 Å². The molecule has 0 bridgehead atoms.